The number of carboxylic acids is 1. The van der Waals surface area contributed by atoms with E-state index in [4.69, 9.17) is 0 Å². The molecule has 0 bridgehead atoms. The van der Waals surface area contributed by atoms with Crippen LogP contribution in [-0.4, -0.2) is 26.5 Å². The number of nitrogens with one attached hydrogen (secondary N) is 1. The summed E-state index contributed by atoms with van der Waals surface area (Å²) in [4.78, 5) is 28.3. The maximum Gasteiger partial charge on any atom is 0.319 e. The van der Waals surface area contributed by atoms with Gasteiger partial charge in [0.05, 0.1) is 6.54 Å². The van der Waals surface area contributed by atoms with Crippen LogP contribution in [0.15, 0.2) is 48.7 Å². The maximum atomic E-state index is 12.4. The van der Waals surface area contributed by atoms with Gasteiger partial charge in [0.2, 0.25) is 5.91 Å². The molecule has 0 saturated carbocycles. The van der Waals surface area contributed by atoms with E-state index in [0.29, 0.717) is 5.82 Å². The third kappa shape index (κ3) is 3.33. The van der Waals surface area contributed by atoms with E-state index < -0.39 is 17.3 Å². The van der Waals surface area contributed by atoms with Crippen molar-refractivity contribution in [1.29, 1.82) is 0 Å². The molecule has 0 aliphatic heterocycles. The predicted molar refractivity (Wildman–Crippen MR) is 92.7 cm³/mol. The first-order valence-corrected chi connectivity index (χ1v) is 8.23. The van der Waals surface area contributed by atoms with Crippen LogP contribution in [0.1, 0.15) is 29.9 Å². The normalized spacial score (nSPS) is 15.2. The van der Waals surface area contributed by atoms with E-state index in [9.17, 15) is 14.7 Å². The van der Waals surface area contributed by atoms with Gasteiger partial charge in [-0.15, -0.1) is 0 Å². The molecule has 2 N–H and O–H groups in total. The third-order valence-electron chi connectivity index (χ3n) is 4.76. The first-order valence-electron chi connectivity index (χ1n) is 8.23. The van der Waals surface area contributed by atoms with E-state index in [1.54, 1.807) is 18.3 Å². The minimum Gasteiger partial charge on any atom is -0.480 e. The average molecular weight is 339 g/mol. The minimum atomic E-state index is -1.38. The summed E-state index contributed by atoms with van der Waals surface area (Å²) >= 11 is 0. The van der Waals surface area contributed by atoms with Crippen molar-refractivity contribution in [2.45, 2.75) is 25.8 Å². The molecule has 130 valence electrons. The number of hydrogen-bond acceptors (Lipinski definition) is 3. The van der Waals surface area contributed by atoms with E-state index in [0.717, 1.165) is 12.1 Å². The molecule has 0 radical (unpaired) electrons. The number of aromatic nitrogens is 2. The number of aliphatic carboxylic acids is 1. The quantitative estimate of drug-likeness (QED) is 0.623. The van der Waals surface area contributed by atoms with Crippen molar-refractivity contribution in [3.63, 3.8) is 0 Å². The molecule has 1 aliphatic rings. The van der Waals surface area contributed by atoms with E-state index >= 15 is 0 Å². The van der Waals surface area contributed by atoms with Gasteiger partial charge in [0.15, 0.2) is 5.41 Å². The topological polar surface area (TPSA) is 84.2 Å². The van der Waals surface area contributed by atoms with Crippen LogP contribution in [0.25, 0.3) is 0 Å². The largest absolute Gasteiger partial charge is 0.480 e. The number of allylic oxidation sites excluding steroid dienone is 2. The molecule has 1 aromatic heterocycles. The Bertz CT molecular complexity index is 801. The van der Waals surface area contributed by atoms with Gasteiger partial charge in [-0.05, 0) is 18.4 Å². The van der Waals surface area contributed by atoms with Crippen LogP contribution in [0, 0.1) is 5.41 Å². The molecule has 0 saturated heterocycles. The molecule has 3 rings (SSSR count). The van der Waals surface area contributed by atoms with Gasteiger partial charge in [0, 0.05) is 25.4 Å². The van der Waals surface area contributed by atoms with Crippen molar-refractivity contribution in [2.24, 2.45) is 12.5 Å². The Balaban J connectivity index is 1.66. The second-order valence-electron chi connectivity index (χ2n) is 6.34. The van der Waals surface area contributed by atoms with Gasteiger partial charge >= 0.3 is 5.97 Å². The molecular weight excluding hydrogens is 318 g/mol. The molecule has 0 unspecified atom stereocenters. The average Bonchev–Trinajstić information content (AvgIpc) is 3.23. The number of rotatable bonds is 6. The molecule has 1 aliphatic carbocycles. The zero-order valence-electron chi connectivity index (χ0n) is 14.1. The Kier molecular flexibility index (Phi) is 4.70. The van der Waals surface area contributed by atoms with Gasteiger partial charge in [-0.2, -0.15) is 0 Å². The maximum absolute atomic E-state index is 12.4. The van der Waals surface area contributed by atoms with Gasteiger partial charge < -0.3 is 15.0 Å². The molecule has 0 spiro atoms. The zero-order chi connectivity index (χ0) is 17.9. The van der Waals surface area contributed by atoms with Gasteiger partial charge in [-0.3, -0.25) is 9.59 Å². The number of carbonyl (C=O) groups excluding carboxylic acids is 1. The molecule has 1 heterocycles. The van der Waals surface area contributed by atoms with E-state index in [1.165, 1.54) is 5.56 Å². The molecule has 1 amide bonds. The highest BCUT2D eigenvalue weighted by Gasteiger charge is 2.46. The summed E-state index contributed by atoms with van der Waals surface area (Å²) in [5.41, 5.74) is 0.840. The Hall–Kier alpha value is -2.89. The third-order valence-corrected chi connectivity index (χ3v) is 4.76. The number of benzene rings is 1. The fourth-order valence-electron chi connectivity index (χ4n) is 3.06. The summed E-state index contributed by atoms with van der Waals surface area (Å²) in [7, 11) is 1.90. The molecule has 6 nitrogen and oxygen atoms in total. The van der Waals surface area contributed by atoms with E-state index in [2.05, 4.69) is 22.4 Å². The number of nitrogens with zero attached hydrogens (tertiary/aromatic N) is 2. The van der Waals surface area contributed by atoms with Crippen molar-refractivity contribution < 1.29 is 14.7 Å². The first kappa shape index (κ1) is 17.0. The Morgan fingerprint density at radius 2 is 1.92 bits per heavy atom. The van der Waals surface area contributed by atoms with Crippen LogP contribution in [0.2, 0.25) is 0 Å². The van der Waals surface area contributed by atoms with Gasteiger partial charge in [-0.25, -0.2) is 4.98 Å². The molecule has 2 aromatic rings. The zero-order valence-corrected chi connectivity index (χ0v) is 14.1. The number of amides is 1. The van der Waals surface area contributed by atoms with Crippen LogP contribution in [0.3, 0.4) is 0 Å². The highest BCUT2D eigenvalue weighted by molar-refractivity contribution is 6.02. The lowest BCUT2D eigenvalue weighted by Gasteiger charge is -2.22. The Morgan fingerprint density at radius 3 is 2.56 bits per heavy atom. The number of carbonyl (C=O) groups is 2. The standard InChI is InChI=1S/C19H21N3O3/c1-22-15(11-14-7-3-2-4-8-14)12-20-16(22)13-21-17(23)19(18(24)25)9-5-6-10-19/h2-8,12H,9-11,13H2,1H3,(H,21,23)(H,24,25). The summed E-state index contributed by atoms with van der Waals surface area (Å²) in [6, 6.07) is 10.1. The molecular formula is C19H21N3O3. The lowest BCUT2D eigenvalue weighted by Crippen LogP contribution is -2.45. The summed E-state index contributed by atoms with van der Waals surface area (Å²) in [5, 5.41) is 12.2. The van der Waals surface area contributed by atoms with Crippen LogP contribution < -0.4 is 5.32 Å². The number of carboxylic acid groups (broad SMARTS) is 1. The monoisotopic (exact) mass is 339 g/mol. The lowest BCUT2D eigenvalue weighted by atomic mass is 9.84. The minimum absolute atomic E-state index is 0.207. The molecule has 0 atom stereocenters. The number of hydrogen-bond donors (Lipinski definition) is 2. The Labute approximate surface area is 146 Å². The molecule has 0 fully saturated rings. The second-order valence-corrected chi connectivity index (χ2v) is 6.34. The summed E-state index contributed by atoms with van der Waals surface area (Å²) < 4.78 is 1.94. The van der Waals surface area contributed by atoms with Crippen molar-refractivity contribution in [3.05, 3.63) is 65.8 Å². The highest BCUT2D eigenvalue weighted by Crippen LogP contribution is 2.33. The summed E-state index contributed by atoms with van der Waals surface area (Å²) in [6.07, 6.45) is 6.49. The number of imidazole rings is 1. The molecule has 25 heavy (non-hydrogen) atoms. The van der Waals surface area contributed by atoms with Crippen LogP contribution in [0.5, 0.6) is 0 Å². The van der Waals surface area contributed by atoms with E-state index in [1.807, 2.05) is 29.8 Å². The summed E-state index contributed by atoms with van der Waals surface area (Å²) in [6.45, 7) is 0.207. The van der Waals surface area contributed by atoms with Crippen LogP contribution >= 0.6 is 0 Å². The van der Waals surface area contributed by atoms with Gasteiger partial charge in [0.25, 0.3) is 0 Å². The van der Waals surface area contributed by atoms with Crippen LogP contribution in [0.4, 0.5) is 0 Å². The van der Waals surface area contributed by atoms with Crippen molar-refractivity contribution in [3.8, 4) is 0 Å². The second kappa shape index (κ2) is 6.93. The summed E-state index contributed by atoms with van der Waals surface area (Å²) in [5.74, 6) is -0.844. The molecule has 1 aromatic carbocycles. The first-order chi connectivity index (χ1) is 12.0. The lowest BCUT2D eigenvalue weighted by molar-refractivity contribution is -0.155. The van der Waals surface area contributed by atoms with E-state index in [-0.39, 0.29) is 19.4 Å². The predicted octanol–water partition coefficient (Wildman–Crippen LogP) is 2.05. The van der Waals surface area contributed by atoms with Crippen molar-refractivity contribution in [2.75, 3.05) is 0 Å². The fraction of sp³-hybridized carbons (Fsp3) is 0.316. The Morgan fingerprint density at radius 1 is 1.24 bits per heavy atom. The van der Waals surface area contributed by atoms with Gasteiger partial charge in [-0.1, -0.05) is 42.5 Å². The SMILES string of the molecule is Cn1c(Cc2ccccc2)cnc1CNC(=O)C1(C(=O)O)CC=CC1. The fourth-order valence-corrected chi connectivity index (χ4v) is 3.06. The van der Waals surface area contributed by atoms with Crippen LogP contribution in [-0.2, 0) is 29.6 Å². The highest BCUT2D eigenvalue weighted by atomic mass is 16.4. The van der Waals surface area contributed by atoms with Crippen molar-refractivity contribution >= 4 is 11.9 Å². The van der Waals surface area contributed by atoms with Gasteiger partial charge in [0.1, 0.15) is 5.82 Å². The smallest absolute Gasteiger partial charge is 0.319 e. The molecule has 6 heteroatoms. The van der Waals surface area contributed by atoms with Crippen molar-refractivity contribution in [1.82, 2.24) is 14.9 Å².